The van der Waals surface area contributed by atoms with Crippen LogP contribution in [0.3, 0.4) is 0 Å². The zero-order chi connectivity index (χ0) is 19.4. The van der Waals surface area contributed by atoms with Crippen LogP contribution in [0.5, 0.6) is 0 Å². The van der Waals surface area contributed by atoms with Crippen molar-refractivity contribution in [1.29, 1.82) is 0 Å². The zero-order valence-corrected chi connectivity index (χ0v) is 16.3. The van der Waals surface area contributed by atoms with Gasteiger partial charge < -0.3 is 20.5 Å². The Morgan fingerprint density at radius 2 is 2.08 bits per heavy atom. The lowest BCUT2D eigenvalue weighted by Gasteiger charge is -2.34. The van der Waals surface area contributed by atoms with E-state index < -0.39 is 17.2 Å². The lowest BCUT2D eigenvalue weighted by atomic mass is 9.91. The van der Waals surface area contributed by atoms with Crippen LogP contribution in [0.2, 0.25) is 0 Å². The summed E-state index contributed by atoms with van der Waals surface area (Å²) in [7, 11) is 0. The van der Waals surface area contributed by atoms with E-state index in [1.54, 1.807) is 19.3 Å². The van der Waals surface area contributed by atoms with E-state index in [2.05, 4.69) is 10.3 Å². The van der Waals surface area contributed by atoms with Crippen molar-refractivity contribution in [1.82, 2.24) is 10.3 Å². The summed E-state index contributed by atoms with van der Waals surface area (Å²) >= 11 is 6.40. The number of dihydropyridines is 1. The van der Waals surface area contributed by atoms with Gasteiger partial charge in [-0.25, -0.2) is 4.79 Å². The maximum atomic E-state index is 11.2. The topological polar surface area (TPSA) is 86.5 Å². The third kappa shape index (κ3) is 5.14. The largest absolute Gasteiger partial charge is 0.486 e. The Bertz CT molecular complexity index is 705. The first-order valence-electron chi connectivity index (χ1n) is 8.52. The Morgan fingerprint density at radius 3 is 2.62 bits per heavy atom. The summed E-state index contributed by atoms with van der Waals surface area (Å²) in [5.74, 6) is 0.795. The van der Waals surface area contributed by atoms with Crippen molar-refractivity contribution in [3.8, 4) is 0 Å². The molecule has 0 spiro atoms. The number of nitrogens with one attached hydrogen (secondary N) is 1. The molecule has 142 valence electrons. The number of primary amides is 1. The number of aromatic nitrogens is 1. The molecule has 2 rings (SSSR count). The fourth-order valence-corrected chi connectivity index (χ4v) is 3.41. The fraction of sp³-hybridized carbons (Fsp3) is 0.474. The highest BCUT2D eigenvalue weighted by Gasteiger charge is 2.33. The highest BCUT2D eigenvalue weighted by molar-refractivity contribution is 6.29. The number of hydrogen-bond donors (Lipinski definition) is 2. The van der Waals surface area contributed by atoms with Crippen LogP contribution in [0.15, 0.2) is 47.6 Å². The molecule has 1 aromatic rings. The second kappa shape index (κ2) is 7.99. The standard InChI is InChI=1S/C19H26ClN3O3/c1-13(2)11-18(3,26-17(21)24)12-25-15-5-8-19(4,23-16(15)20)14-6-9-22-10-7-14/h5-10,13,23H,11-12H2,1-4H3,(H2,21,24). The van der Waals surface area contributed by atoms with Crippen molar-refractivity contribution in [3.63, 3.8) is 0 Å². The van der Waals surface area contributed by atoms with Gasteiger partial charge in [-0.1, -0.05) is 31.5 Å². The molecule has 2 unspecified atom stereocenters. The van der Waals surface area contributed by atoms with Crippen LogP contribution >= 0.6 is 11.6 Å². The molecule has 0 aliphatic carbocycles. The normalized spacial score (nSPS) is 21.9. The summed E-state index contributed by atoms with van der Waals surface area (Å²) in [5, 5.41) is 3.64. The van der Waals surface area contributed by atoms with E-state index in [-0.39, 0.29) is 6.61 Å². The first-order chi connectivity index (χ1) is 12.1. The maximum Gasteiger partial charge on any atom is 0.405 e. The number of nitrogens with zero attached hydrogens (tertiary/aromatic N) is 1. The second-order valence-corrected chi connectivity index (χ2v) is 7.71. The Morgan fingerprint density at radius 1 is 1.42 bits per heavy atom. The van der Waals surface area contributed by atoms with Crippen molar-refractivity contribution in [2.24, 2.45) is 11.7 Å². The molecule has 6 nitrogen and oxygen atoms in total. The van der Waals surface area contributed by atoms with Gasteiger partial charge >= 0.3 is 6.09 Å². The average Bonchev–Trinajstić information content (AvgIpc) is 2.53. The third-order valence-corrected chi connectivity index (χ3v) is 4.43. The van der Waals surface area contributed by atoms with Gasteiger partial charge in [0.1, 0.15) is 17.4 Å². The van der Waals surface area contributed by atoms with Gasteiger partial charge in [0, 0.05) is 12.4 Å². The maximum absolute atomic E-state index is 11.2. The number of ether oxygens (including phenoxy) is 2. The molecular formula is C19H26ClN3O3. The minimum Gasteiger partial charge on any atom is -0.486 e. The molecule has 0 saturated heterocycles. The van der Waals surface area contributed by atoms with E-state index in [0.717, 1.165) is 5.56 Å². The number of carbonyl (C=O) groups excluding carboxylic acids is 1. The summed E-state index contributed by atoms with van der Waals surface area (Å²) in [6.07, 6.45) is 7.06. The van der Waals surface area contributed by atoms with Crippen LogP contribution in [-0.2, 0) is 15.0 Å². The van der Waals surface area contributed by atoms with Crippen LogP contribution in [0.4, 0.5) is 4.79 Å². The lowest BCUT2D eigenvalue weighted by Crippen LogP contribution is -2.41. The van der Waals surface area contributed by atoms with Gasteiger partial charge in [-0.3, -0.25) is 4.98 Å². The number of amides is 1. The van der Waals surface area contributed by atoms with Crippen molar-refractivity contribution in [2.75, 3.05) is 6.61 Å². The highest BCUT2D eigenvalue weighted by Crippen LogP contribution is 2.31. The Balaban J connectivity index is 2.09. The van der Waals surface area contributed by atoms with Crippen LogP contribution in [0.1, 0.15) is 39.7 Å². The number of nitrogens with two attached hydrogens (primary N) is 1. The summed E-state index contributed by atoms with van der Waals surface area (Å²) in [4.78, 5) is 15.3. The smallest absolute Gasteiger partial charge is 0.405 e. The minimum atomic E-state index is -0.830. The summed E-state index contributed by atoms with van der Waals surface area (Å²) in [5.41, 5.74) is 4.94. The van der Waals surface area contributed by atoms with Crippen LogP contribution in [-0.4, -0.2) is 23.3 Å². The number of halogens is 1. The molecule has 7 heteroatoms. The van der Waals surface area contributed by atoms with Crippen LogP contribution in [0, 0.1) is 5.92 Å². The Labute approximate surface area is 159 Å². The van der Waals surface area contributed by atoms with Gasteiger partial charge in [0.15, 0.2) is 5.76 Å². The summed E-state index contributed by atoms with van der Waals surface area (Å²) < 4.78 is 11.1. The quantitative estimate of drug-likeness (QED) is 0.704. The van der Waals surface area contributed by atoms with E-state index >= 15 is 0 Å². The second-order valence-electron chi connectivity index (χ2n) is 7.33. The molecule has 2 atom stereocenters. The van der Waals surface area contributed by atoms with Crippen molar-refractivity contribution < 1.29 is 14.3 Å². The number of pyridine rings is 1. The van der Waals surface area contributed by atoms with E-state index in [1.807, 2.05) is 45.1 Å². The highest BCUT2D eigenvalue weighted by atomic mass is 35.5. The molecule has 0 bridgehead atoms. The van der Waals surface area contributed by atoms with Gasteiger partial charge in [-0.2, -0.15) is 0 Å². The molecule has 2 heterocycles. The molecule has 26 heavy (non-hydrogen) atoms. The molecule has 1 aliphatic heterocycles. The number of rotatable bonds is 7. The summed E-state index contributed by atoms with van der Waals surface area (Å²) in [6, 6.07) is 3.85. The van der Waals surface area contributed by atoms with E-state index in [4.69, 9.17) is 26.8 Å². The average molecular weight is 380 g/mol. The van der Waals surface area contributed by atoms with Crippen molar-refractivity contribution >= 4 is 17.7 Å². The third-order valence-electron chi connectivity index (χ3n) is 4.15. The molecule has 0 radical (unpaired) electrons. The fourth-order valence-electron chi connectivity index (χ4n) is 3.09. The number of allylic oxidation sites excluding steroid dienone is 1. The van der Waals surface area contributed by atoms with E-state index in [9.17, 15) is 4.79 Å². The van der Waals surface area contributed by atoms with E-state index in [1.165, 1.54) is 0 Å². The summed E-state index contributed by atoms with van der Waals surface area (Å²) in [6.45, 7) is 8.04. The molecule has 0 fully saturated rings. The SMILES string of the molecule is CC(C)CC(C)(COC1=C(Cl)NC(C)(c2ccncc2)C=C1)OC(N)=O. The predicted octanol–water partition coefficient (Wildman–Crippen LogP) is 3.78. The van der Waals surface area contributed by atoms with Crippen molar-refractivity contribution in [2.45, 2.75) is 45.3 Å². The minimum absolute atomic E-state index is 0.150. The van der Waals surface area contributed by atoms with Gasteiger partial charge in [-0.05, 0) is 50.0 Å². The predicted molar refractivity (Wildman–Crippen MR) is 101 cm³/mol. The number of carbonyl (C=O) groups is 1. The van der Waals surface area contributed by atoms with Gasteiger partial charge in [0.25, 0.3) is 0 Å². The van der Waals surface area contributed by atoms with Crippen LogP contribution in [0.25, 0.3) is 0 Å². The van der Waals surface area contributed by atoms with Crippen LogP contribution < -0.4 is 11.1 Å². The van der Waals surface area contributed by atoms with Gasteiger partial charge in [0.05, 0.1) is 5.54 Å². The molecular weight excluding hydrogens is 354 g/mol. The molecule has 1 aliphatic rings. The zero-order valence-electron chi connectivity index (χ0n) is 15.6. The molecule has 0 aromatic carbocycles. The Kier molecular flexibility index (Phi) is 6.18. The molecule has 0 saturated carbocycles. The monoisotopic (exact) mass is 379 g/mol. The molecule has 1 aromatic heterocycles. The van der Waals surface area contributed by atoms with Gasteiger partial charge in [0.2, 0.25) is 0 Å². The lowest BCUT2D eigenvalue weighted by molar-refractivity contribution is -0.0347. The first kappa shape index (κ1) is 20.1. The first-order valence-corrected chi connectivity index (χ1v) is 8.90. The Hall–Kier alpha value is -2.21. The van der Waals surface area contributed by atoms with E-state index in [0.29, 0.717) is 23.3 Å². The van der Waals surface area contributed by atoms with Crippen molar-refractivity contribution in [3.05, 3.63) is 53.2 Å². The molecule has 3 N–H and O–H groups in total. The van der Waals surface area contributed by atoms with Gasteiger partial charge in [-0.15, -0.1) is 0 Å². The molecule has 1 amide bonds. The number of hydrogen-bond acceptors (Lipinski definition) is 5.